The third-order valence-electron chi connectivity index (χ3n) is 9.68. The maximum absolute atomic E-state index is 12.4. The van der Waals surface area contributed by atoms with Crippen LogP contribution < -0.4 is 0 Å². The van der Waals surface area contributed by atoms with Crippen molar-refractivity contribution in [2.45, 2.75) is 71.5 Å². The normalized spacial score (nSPS) is 38.4. The lowest BCUT2D eigenvalue weighted by Crippen LogP contribution is -2.54. The lowest BCUT2D eigenvalue weighted by Gasteiger charge is -2.56. The summed E-state index contributed by atoms with van der Waals surface area (Å²) in [5, 5.41) is 0. The standard InChI is InChI=1S/C27H38O8/c1-15(23(28)31-4)19-9-10-20-18-8-7-16-13-17(34-24(29)32-5)14-22(35-25(30)33-6)27(16,3)21(18)11-12-26(19,20)2/h7-8,15,17,19-22H,9-14H2,1-6H3/t15?,17-,19-,20+,21+,22+,26-,27+/m1/s1. The highest BCUT2D eigenvalue weighted by atomic mass is 16.7. The van der Waals surface area contributed by atoms with Gasteiger partial charge in [0, 0.05) is 18.3 Å². The van der Waals surface area contributed by atoms with E-state index in [9.17, 15) is 14.4 Å². The summed E-state index contributed by atoms with van der Waals surface area (Å²) in [6.07, 6.45) is 6.83. The van der Waals surface area contributed by atoms with Gasteiger partial charge < -0.3 is 23.7 Å². The molecule has 0 radical (unpaired) electrons. The molecule has 1 unspecified atom stereocenters. The summed E-state index contributed by atoms with van der Waals surface area (Å²) in [5.41, 5.74) is 2.08. The molecule has 0 amide bonds. The van der Waals surface area contributed by atoms with Crippen LogP contribution in [-0.2, 0) is 28.5 Å². The molecular weight excluding hydrogens is 452 g/mol. The van der Waals surface area contributed by atoms with Gasteiger partial charge >= 0.3 is 18.3 Å². The average molecular weight is 491 g/mol. The average Bonchev–Trinajstić information content (AvgIpc) is 3.20. The number of carbonyl (C=O) groups is 3. The highest BCUT2D eigenvalue weighted by Gasteiger charge is 2.60. The third kappa shape index (κ3) is 4.12. The smallest absolute Gasteiger partial charge is 0.469 e. The second kappa shape index (κ2) is 9.51. The highest BCUT2D eigenvalue weighted by molar-refractivity contribution is 5.72. The minimum atomic E-state index is -0.742. The number of hydrogen-bond acceptors (Lipinski definition) is 8. The molecule has 194 valence electrons. The molecule has 3 saturated carbocycles. The van der Waals surface area contributed by atoms with Crippen LogP contribution in [0.2, 0.25) is 0 Å². The minimum absolute atomic E-state index is 0.0154. The van der Waals surface area contributed by atoms with Crippen LogP contribution in [0.3, 0.4) is 0 Å². The number of fused-ring (bicyclic) bond motifs is 5. The number of ether oxygens (including phenoxy) is 5. The Morgan fingerprint density at radius 3 is 2.26 bits per heavy atom. The molecule has 0 aliphatic heterocycles. The minimum Gasteiger partial charge on any atom is -0.469 e. The van der Waals surface area contributed by atoms with Crippen molar-refractivity contribution in [3.63, 3.8) is 0 Å². The first-order chi connectivity index (χ1) is 16.6. The monoisotopic (exact) mass is 490 g/mol. The van der Waals surface area contributed by atoms with E-state index in [0.29, 0.717) is 18.8 Å². The SMILES string of the molecule is COC(=O)O[C@@H]1CC2=CC=C3[C@@H]4CC[C@H](C(C)C(=O)OC)[C@@]4(C)CC[C@@H]3[C@@]2(C)[C@@H](OC(=O)OC)C1. The molecule has 8 nitrogen and oxygen atoms in total. The van der Waals surface area contributed by atoms with Gasteiger partial charge in [-0.1, -0.05) is 44.1 Å². The molecule has 0 saturated heterocycles. The fourth-order valence-corrected chi connectivity index (χ4v) is 7.83. The van der Waals surface area contributed by atoms with Crippen molar-refractivity contribution in [2.75, 3.05) is 21.3 Å². The molecule has 0 aromatic rings. The van der Waals surface area contributed by atoms with Gasteiger partial charge in [0.15, 0.2) is 0 Å². The van der Waals surface area contributed by atoms with Crippen molar-refractivity contribution in [3.8, 4) is 0 Å². The van der Waals surface area contributed by atoms with Crippen LogP contribution in [0.1, 0.15) is 59.3 Å². The summed E-state index contributed by atoms with van der Waals surface area (Å²) in [6.45, 7) is 6.50. The van der Waals surface area contributed by atoms with Gasteiger partial charge in [-0.15, -0.1) is 0 Å². The van der Waals surface area contributed by atoms with Crippen LogP contribution in [0.15, 0.2) is 23.3 Å². The Morgan fingerprint density at radius 1 is 0.914 bits per heavy atom. The molecule has 35 heavy (non-hydrogen) atoms. The van der Waals surface area contributed by atoms with Crippen LogP contribution in [0, 0.1) is 34.5 Å². The fourth-order valence-electron chi connectivity index (χ4n) is 7.83. The molecule has 3 fully saturated rings. The lowest BCUT2D eigenvalue weighted by atomic mass is 9.49. The van der Waals surface area contributed by atoms with Gasteiger partial charge in [0.2, 0.25) is 0 Å². The zero-order valence-corrected chi connectivity index (χ0v) is 21.6. The maximum atomic E-state index is 12.4. The van der Waals surface area contributed by atoms with Crippen LogP contribution in [-0.4, -0.2) is 51.8 Å². The summed E-state index contributed by atoms with van der Waals surface area (Å²) in [5.74, 6) is 0.545. The molecule has 4 rings (SSSR count). The van der Waals surface area contributed by atoms with E-state index in [1.807, 2.05) is 6.92 Å². The summed E-state index contributed by atoms with van der Waals surface area (Å²) in [7, 11) is 4.04. The van der Waals surface area contributed by atoms with E-state index in [1.165, 1.54) is 26.9 Å². The Morgan fingerprint density at radius 2 is 1.60 bits per heavy atom. The first kappa shape index (κ1) is 25.6. The van der Waals surface area contributed by atoms with Crippen molar-refractivity contribution in [1.29, 1.82) is 0 Å². The van der Waals surface area contributed by atoms with Gasteiger partial charge in [0.25, 0.3) is 0 Å². The van der Waals surface area contributed by atoms with Gasteiger partial charge in [-0.2, -0.15) is 0 Å². The van der Waals surface area contributed by atoms with E-state index in [0.717, 1.165) is 31.3 Å². The van der Waals surface area contributed by atoms with E-state index >= 15 is 0 Å². The number of rotatable bonds is 4. The number of methoxy groups -OCH3 is 3. The molecule has 8 heteroatoms. The Labute approximate surface area is 207 Å². The van der Waals surface area contributed by atoms with E-state index in [2.05, 4.69) is 26.0 Å². The largest absolute Gasteiger partial charge is 0.508 e. The number of allylic oxidation sites excluding steroid dienone is 3. The van der Waals surface area contributed by atoms with Crippen LogP contribution in [0.25, 0.3) is 0 Å². The molecule has 4 aliphatic rings. The summed E-state index contributed by atoms with van der Waals surface area (Å²) < 4.78 is 25.9. The fraction of sp³-hybridized carbons (Fsp3) is 0.741. The van der Waals surface area contributed by atoms with Gasteiger partial charge in [-0.25, -0.2) is 9.59 Å². The predicted octanol–water partition coefficient (Wildman–Crippen LogP) is 5.21. The van der Waals surface area contributed by atoms with E-state index < -0.39 is 29.9 Å². The van der Waals surface area contributed by atoms with Gasteiger partial charge in [-0.05, 0) is 48.9 Å². The van der Waals surface area contributed by atoms with Crippen molar-refractivity contribution in [2.24, 2.45) is 34.5 Å². The lowest BCUT2D eigenvalue weighted by molar-refractivity contribution is -0.148. The molecule has 0 N–H and O–H groups in total. The second-order valence-electron chi connectivity index (χ2n) is 11.0. The number of hydrogen-bond donors (Lipinski definition) is 0. The van der Waals surface area contributed by atoms with E-state index in [-0.39, 0.29) is 29.1 Å². The Kier molecular flexibility index (Phi) is 6.95. The van der Waals surface area contributed by atoms with Gasteiger partial charge in [-0.3, -0.25) is 4.79 Å². The molecular formula is C27H38O8. The zero-order chi connectivity index (χ0) is 25.5. The van der Waals surface area contributed by atoms with Crippen molar-refractivity contribution >= 4 is 18.3 Å². The first-order valence-corrected chi connectivity index (χ1v) is 12.6. The Hall–Kier alpha value is -2.51. The predicted molar refractivity (Wildman–Crippen MR) is 126 cm³/mol. The summed E-state index contributed by atoms with van der Waals surface area (Å²) in [6, 6.07) is 0. The maximum Gasteiger partial charge on any atom is 0.508 e. The zero-order valence-electron chi connectivity index (χ0n) is 21.6. The molecule has 4 aliphatic carbocycles. The molecule has 0 aromatic heterocycles. The van der Waals surface area contributed by atoms with E-state index in [1.54, 1.807) is 0 Å². The Bertz CT molecular complexity index is 937. The van der Waals surface area contributed by atoms with E-state index in [4.69, 9.17) is 23.7 Å². The highest BCUT2D eigenvalue weighted by Crippen LogP contribution is 2.66. The molecule has 0 bridgehead atoms. The summed E-state index contributed by atoms with van der Waals surface area (Å²) in [4.78, 5) is 36.4. The van der Waals surface area contributed by atoms with Gasteiger partial charge in [0.05, 0.1) is 27.2 Å². The second-order valence-corrected chi connectivity index (χ2v) is 11.0. The van der Waals surface area contributed by atoms with Crippen molar-refractivity contribution in [3.05, 3.63) is 23.3 Å². The molecule has 0 spiro atoms. The van der Waals surface area contributed by atoms with Crippen molar-refractivity contribution in [1.82, 2.24) is 0 Å². The number of esters is 1. The molecule has 8 atom stereocenters. The third-order valence-corrected chi connectivity index (χ3v) is 9.68. The van der Waals surface area contributed by atoms with Crippen LogP contribution in [0.4, 0.5) is 9.59 Å². The van der Waals surface area contributed by atoms with Crippen LogP contribution in [0.5, 0.6) is 0 Å². The first-order valence-electron chi connectivity index (χ1n) is 12.6. The summed E-state index contributed by atoms with van der Waals surface area (Å²) >= 11 is 0. The molecule has 0 aromatic carbocycles. The quantitative estimate of drug-likeness (QED) is 0.391. The van der Waals surface area contributed by atoms with Crippen LogP contribution >= 0.6 is 0 Å². The molecule has 0 heterocycles. The topological polar surface area (TPSA) is 97.4 Å². The number of carbonyl (C=O) groups excluding carboxylic acids is 3. The Balaban J connectivity index is 1.67. The van der Waals surface area contributed by atoms with Crippen molar-refractivity contribution < 1.29 is 38.1 Å². The van der Waals surface area contributed by atoms with Gasteiger partial charge in [0.1, 0.15) is 12.2 Å².